The van der Waals surface area contributed by atoms with Crippen LogP contribution in [0.2, 0.25) is 10.0 Å². The van der Waals surface area contributed by atoms with Gasteiger partial charge in [0, 0.05) is 21.7 Å². The molecule has 6 N–H and O–H groups in total. The van der Waals surface area contributed by atoms with Crippen LogP contribution in [0.3, 0.4) is 0 Å². The molecule has 0 heterocycles. The summed E-state index contributed by atoms with van der Waals surface area (Å²) < 4.78 is 27.7. The van der Waals surface area contributed by atoms with Crippen LogP contribution in [0.25, 0.3) is 0 Å². The monoisotopic (exact) mass is 499 g/mol. The molecule has 0 aliphatic heterocycles. The first-order valence-electron chi connectivity index (χ1n) is 9.37. The fourth-order valence-corrected chi connectivity index (χ4v) is 3.75. The van der Waals surface area contributed by atoms with Crippen LogP contribution in [-0.4, -0.2) is 50.3 Å². The largest absolute Gasteiger partial charge is 0.394 e. The average molecular weight is 500 g/mol. The van der Waals surface area contributed by atoms with E-state index in [9.17, 15) is 18.3 Å². The second-order valence-corrected chi connectivity index (χ2v) is 9.41. The number of rotatable bonds is 9. The SMILES string of the molecule is CC(CN=C(NC(CO)C(N)=O)NS(=O)(=O)c1ccc(Cl)cc1)C(=N)c1ccc(Cl)cc1. The molecule has 2 aromatic carbocycles. The van der Waals surface area contributed by atoms with Gasteiger partial charge in [-0.3, -0.25) is 9.79 Å². The van der Waals surface area contributed by atoms with Crippen molar-refractivity contribution in [2.45, 2.75) is 17.9 Å². The summed E-state index contributed by atoms with van der Waals surface area (Å²) in [7, 11) is -4.08. The maximum atomic E-state index is 12.7. The van der Waals surface area contributed by atoms with Crippen LogP contribution in [0.1, 0.15) is 12.5 Å². The lowest BCUT2D eigenvalue weighted by atomic mass is 9.99. The Morgan fingerprint density at radius 3 is 2.16 bits per heavy atom. The lowest BCUT2D eigenvalue weighted by molar-refractivity contribution is -0.120. The molecule has 0 aliphatic carbocycles. The molecule has 2 rings (SSSR count). The van der Waals surface area contributed by atoms with Gasteiger partial charge in [-0.15, -0.1) is 0 Å². The Bertz CT molecular complexity index is 1090. The smallest absolute Gasteiger partial charge is 0.264 e. The number of hydrogen-bond donors (Lipinski definition) is 5. The Morgan fingerprint density at radius 2 is 1.66 bits per heavy atom. The van der Waals surface area contributed by atoms with Crippen LogP contribution in [-0.2, 0) is 14.8 Å². The third-order valence-corrected chi connectivity index (χ3v) is 6.22. The number of halogens is 2. The van der Waals surface area contributed by atoms with Crippen molar-refractivity contribution in [2.75, 3.05) is 13.2 Å². The highest BCUT2D eigenvalue weighted by Gasteiger charge is 2.22. The fraction of sp³-hybridized carbons (Fsp3) is 0.250. The van der Waals surface area contributed by atoms with E-state index in [1.165, 1.54) is 24.3 Å². The van der Waals surface area contributed by atoms with E-state index in [0.29, 0.717) is 15.6 Å². The highest BCUT2D eigenvalue weighted by Crippen LogP contribution is 2.15. The molecule has 172 valence electrons. The molecule has 2 aromatic rings. The predicted octanol–water partition coefficient (Wildman–Crippen LogP) is 1.77. The molecule has 9 nitrogen and oxygen atoms in total. The van der Waals surface area contributed by atoms with Crippen LogP contribution in [0.4, 0.5) is 0 Å². The molecule has 2 atom stereocenters. The van der Waals surface area contributed by atoms with Crippen molar-refractivity contribution in [1.29, 1.82) is 5.41 Å². The molecular formula is C20H23Cl2N5O4S. The topological polar surface area (TPSA) is 158 Å². The quantitative estimate of drug-likeness (QED) is 0.262. The summed E-state index contributed by atoms with van der Waals surface area (Å²) in [5, 5.41) is 21.1. The van der Waals surface area contributed by atoms with Crippen LogP contribution in [0, 0.1) is 11.3 Å². The van der Waals surface area contributed by atoms with Gasteiger partial charge in [-0.05, 0) is 42.0 Å². The zero-order chi connectivity index (χ0) is 23.9. The minimum Gasteiger partial charge on any atom is -0.394 e. The van der Waals surface area contributed by atoms with Gasteiger partial charge in [-0.25, -0.2) is 13.1 Å². The van der Waals surface area contributed by atoms with Gasteiger partial charge < -0.3 is 21.6 Å². The molecule has 0 saturated carbocycles. The highest BCUT2D eigenvalue weighted by molar-refractivity contribution is 7.90. The molecule has 32 heavy (non-hydrogen) atoms. The molecular weight excluding hydrogens is 477 g/mol. The van der Waals surface area contributed by atoms with E-state index in [2.05, 4.69) is 15.0 Å². The van der Waals surface area contributed by atoms with Crippen LogP contribution < -0.4 is 15.8 Å². The summed E-state index contributed by atoms with van der Waals surface area (Å²) in [5.41, 5.74) is 6.13. The summed E-state index contributed by atoms with van der Waals surface area (Å²) >= 11 is 11.7. The lowest BCUT2D eigenvalue weighted by Crippen LogP contribution is -2.52. The molecule has 0 radical (unpaired) electrons. The zero-order valence-corrected chi connectivity index (χ0v) is 19.4. The number of sulfonamides is 1. The molecule has 0 saturated heterocycles. The lowest BCUT2D eigenvalue weighted by Gasteiger charge is -2.19. The molecule has 0 fully saturated rings. The number of amides is 1. The van der Waals surface area contributed by atoms with Crippen molar-refractivity contribution >= 4 is 50.8 Å². The van der Waals surface area contributed by atoms with E-state index in [4.69, 9.17) is 34.3 Å². The van der Waals surface area contributed by atoms with E-state index in [0.717, 1.165) is 0 Å². The van der Waals surface area contributed by atoms with Gasteiger partial charge in [0.25, 0.3) is 10.0 Å². The Morgan fingerprint density at radius 1 is 1.12 bits per heavy atom. The first kappa shape index (κ1) is 25.6. The summed E-state index contributed by atoms with van der Waals surface area (Å²) in [4.78, 5) is 15.6. The maximum absolute atomic E-state index is 12.7. The molecule has 0 bridgehead atoms. The van der Waals surface area contributed by atoms with Crippen LogP contribution in [0.15, 0.2) is 58.4 Å². The summed E-state index contributed by atoms with van der Waals surface area (Å²) in [6.45, 7) is 1.07. The van der Waals surface area contributed by atoms with E-state index in [-0.39, 0.29) is 23.1 Å². The van der Waals surface area contributed by atoms with Gasteiger partial charge >= 0.3 is 0 Å². The number of carbonyl (C=O) groups is 1. The molecule has 0 spiro atoms. The van der Waals surface area contributed by atoms with Gasteiger partial charge in [0.15, 0.2) is 0 Å². The van der Waals surface area contributed by atoms with Crippen molar-refractivity contribution in [2.24, 2.45) is 16.6 Å². The minimum atomic E-state index is -4.08. The maximum Gasteiger partial charge on any atom is 0.264 e. The Hall–Kier alpha value is -2.66. The van der Waals surface area contributed by atoms with E-state index < -0.39 is 34.5 Å². The van der Waals surface area contributed by atoms with Gasteiger partial charge in [-0.1, -0.05) is 42.3 Å². The standard InChI is InChI=1S/C20H23Cl2N5O4S/c1-12(18(23)13-2-4-14(21)5-3-13)10-25-20(26-17(11-28)19(24)29)27-32(30,31)16-8-6-15(22)7-9-16/h2-9,12,17,23,28H,10-11H2,1H3,(H2,24,29)(H2,25,26,27). The molecule has 2 unspecified atom stereocenters. The van der Waals surface area contributed by atoms with Gasteiger partial charge in [-0.2, -0.15) is 0 Å². The third kappa shape index (κ3) is 7.20. The molecule has 0 aliphatic rings. The summed E-state index contributed by atoms with van der Waals surface area (Å²) in [6, 6.07) is 10.9. The number of guanidine groups is 1. The van der Waals surface area contributed by atoms with Crippen molar-refractivity contribution < 1.29 is 18.3 Å². The Labute approximate surface area is 196 Å². The number of aliphatic hydroxyl groups excluding tert-OH is 1. The first-order chi connectivity index (χ1) is 15.0. The number of benzene rings is 2. The number of aliphatic hydroxyl groups is 1. The fourth-order valence-electron chi connectivity index (χ4n) is 2.51. The van der Waals surface area contributed by atoms with Gasteiger partial charge in [0.1, 0.15) is 6.04 Å². The normalized spacial score (nSPS) is 13.8. The Balaban J connectivity index is 2.25. The van der Waals surface area contributed by atoms with Crippen LogP contribution in [0.5, 0.6) is 0 Å². The minimum absolute atomic E-state index is 0.00381. The predicted molar refractivity (Wildman–Crippen MR) is 125 cm³/mol. The van der Waals surface area contributed by atoms with E-state index in [1.807, 2.05) is 0 Å². The molecule has 0 aromatic heterocycles. The number of primary amides is 1. The average Bonchev–Trinajstić information content (AvgIpc) is 2.75. The summed E-state index contributed by atoms with van der Waals surface area (Å²) in [6.07, 6.45) is 0. The van der Waals surface area contributed by atoms with Gasteiger partial charge in [0.05, 0.1) is 18.0 Å². The number of carbonyl (C=O) groups excluding carboxylic acids is 1. The van der Waals surface area contributed by atoms with Crippen molar-refractivity contribution in [3.05, 3.63) is 64.1 Å². The second kappa shape index (κ2) is 11.3. The summed E-state index contributed by atoms with van der Waals surface area (Å²) in [5.74, 6) is -1.60. The molecule has 12 heteroatoms. The van der Waals surface area contributed by atoms with E-state index >= 15 is 0 Å². The van der Waals surface area contributed by atoms with Crippen molar-refractivity contribution in [1.82, 2.24) is 10.0 Å². The zero-order valence-electron chi connectivity index (χ0n) is 17.0. The van der Waals surface area contributed by atoms with Crippen LogP contribution >= 0.6 is 23.2 Å². The number of nitrogens with two attached hydrogens (primary N) is 1. The first-order valence-corrected chi connectivity index (χ1v) is 11.6. The number of nitrogens with zero attached hydrogens (tertiary/aromatic N) is 1. The number of aliphatic imine (C=N–C) groups is 1. The Kier molecular flexibility index (Phi) is 9.02. The highest BCUT2D eigenvalue weighted by atomic mass is 35.5. The number of nitrogens with one attached hydrogen (secondary N) is 3. The third-order valence-electron chi connectivity index (χ3n) is 4.36. The van der Waals surface area contributed by atoms with Crippen molar-refractivity contribution in [3.63, 3.8) is 0 Å². The number of hydrogen-bond acceptors (Lipinski definition) is 6. The van der Waals surface area contributed by atoms with Crippen molar-refractivity contribution in [3.8, 4) is 0 Å². The molecule has 1 amide bonds. The van der Waals surface area contributed by atoms with Gasteiger partial charge in [0.2, 0.25) is 11.9 Å². The van der Waals surface area contributed by atoms with E-state index in [1.54, 1.807) is 31.2 Å². The second-order valence-electron chi connectivity index (χ2n) is 6.85.